The van der Waals surface area contributed by atoms with Crippen LogP contribution in [0, 0.1) is 10.1 Å². The molecule has 0 amide bonds. The van der Waals surface area contributed by atoms with Crippen LogP contribution in [0.2, 0.25) is 0 Å². The first kappa shape index (κ1) is 22.0. The van der Waals surface area contributed by atoms with Crippen molar-refractivity contribution in [1.29, 1.82) is 0 Å². The minimum atomic E-state index is -3.81. The Balaban J connectivity index is 2.01. The van der Waals surface area contributed by atoms with Crippen LogP contribution < -0.4 is 0 Å². The highest BCUT2D eigenvalue weighted by Crippen LogP contribution is 2.37. The third kappa shape index (κ3) is 4.11. The molecule has 1 aromatic carbocycles. The highest BCUT2D eigenvalue weighted by atomic mass is 32.2. The van der Waals surface area contributed by atoms with Gasteiger partial charge in [-0.1, -0.05) is 13.8 Å². The molecular formula is C18H21N5O5S2. The number of sulfonamides is 1. The Kier molecular flexibility index (Phi) is 6.58. The molecule has 0 bridgehead atoms. The van der Waals surface area contributed by atoms with Crippen molar-refractivity contribution in [2.75, 3.05) is 13.1 Å². The Hall–Kier alpha value is -2.70. The largest absolute Gasteiger partial charge is 0.461 e. The fourth-order valence-electron chi connectivity index (χ4n) is 2.93. The minimum absolute atomic E-state index is 0.115. The highest BCUT2D eigenvalue weighted by molar-refractivity contribution is 7.99. The van der Waals surface area contributed by atoms with Crippen molar-refractivity contribution in [2.45, 2.75) is 42.3 Å². The van der Waals surface area contributed by atoms with Crippen molar-refractivity contribution in [3.8, 4) is 11.6 Å². The van der Waals surface area contributed by atoms with Gasteiger partial charge in [0.15, 0.2) is 16.7 Å². The number of nitro benzene ring substituents is 1. The number of nitrogens with zero attached hydrogens (tertiary/aromatic N) is 5. The third-order valence-corrected chi connectivity index (χ3v) is 7.54. The first-order valence-electron chi connectivity index (χ1n) is 9.26. The summed E-state index contributed by atoms with van der Waals surface area (Å²) in [7, 11) is -3.81. The summed E-state index contributed by atoms with van der Waals surface area (Å²) in [6.45, 7) is 6.40. The van der Waals surface area contributed by atoms with Gasteiger partial charge in [-0.25, -0.2) is 8.42 Å². The number of nitro groups is 1. The van der Waals surface area contributed by atoms with E-state index in [1.54, 1.807) is 30.5 Å². The van der Waals surface area contributed by atoms with Gasteiger partial charge in [-0.2, -0.15) is 4.31 Å². The van der Waals surface area contributed by atoms with Crippen molar-refractivity contribution < 1.29 is 17.8 Å². The summed E-state index contributed by atoms with van der Waals surface area (Å²) in [6.07, 6.45) is 1.52. The lowest BCUT2D eigenvalue weighted by Gasteiger charge is -2.18. The SMILES string of the molecule is CCN(CC)S(=O)(=O)c1ccc(Sc2nnc(-c3ccco3)n2CC)c([N+](=O)[O-])c1. The summed E-state index contributed by atoms with van der Waals surface area (Å²) in [6, 6.07) is 7.39. The Morgan fingerprint density at radius 2 is 1.93 bits per heavy atom. The quantitative estimate of drug-likeness (QED) is 0.357. The maximum atomic E-state index is 12.7. The first-order valence-corrected chi connectivity index (χ1v) is 11.5. The molecule has 3 aromatic rings. The molecule has 0 atom stereocenters. The monoisotopic (exact) mass is 451 g/mol. The summed E-state index contributed by atoms with van der Waals surface area (Å²) < 4.78 is 33.9. The van der Waals surface area contributed by atoms with Crippen LogP contribution in [0.1, 0.15) is 20.8 Å². The zero-order valence-electron chi connectivity index (χ0n) is 16.7. The van der Waals surface area contributed by atoms with Crippen molar-refractivity contribution >= 4 is 27.5 Å². The Morgan fingerprint density at radius 3 is 2.50 bits per heavy atom. The fraction of sp³-hybridized carbons (Fsp3) is 0.333. The summed E-state index contributed by atoms with van der Waals surface area (Å²) in [5.74, 6) is 1.04. The molecule has 2 aromatic heterocycles. The molecule has 0 aliphatic heterocycles. The molecule has 2 heterocycles. The molecule has 0 fully saturated rings. The van der Waals surface area contributed by atoms with Gasteiger partial charge in [0.25, 0.3) is 5.69 Å². The van der Waals surface area contributed by atoms with Gasteiger partial charge in [0.1, 0.15) is 0 Å². The second-order valence-electron chi connectivity index (χ2n) is 6.11. The standard InChI is InChI=1S/C18H21N5O5S2/c1-4-21(5-2)30(26,27)13-9-10-16(14(12-13)23(24)25)29-18-20-19-17(22(18)6-3)15-8-7-11-28-15/h7-12H,4-6H2,1-3H3. The lowest BCUT2D eigenvalue weighted by molar-refractivity contribution is -0.388. The zero-order valence-corrected chi connectivity index (χ0v) is 18.3. The minimum Gasteiger partial charge on any atom is -0.461 e. The molecule has 12 heteroatoms. The third-order valence-electron chi connectivity index (χ3n) is 4.45. The molecule has 0 saturated heterocycles. The summed E-state index contributed by atoms with van der Waals surface area (Å²) >= 11 is 1.05. The Labute approximate surface area is 178 Å². The van der Waals surface area contributed by atoms with Gasteiger partial charge in [0.05, 0.1) is 21.0 Å². The van der Waals surface area contributed by atoms with Gasteiger partial charge >= 0.3 is 0 Å². The van der Waals surface area contributed by atoms with E-state index in [-0.39, 0.29) is 28.6 Å². The van der Waals surface area contributed by atoms with E-state index in [0.29, 0.717) is 23.3 Å². The molecule has 160 valence electrons. The molecule has 0 spiro atoms. The molecule has 0 unspecified atom stereocenters. The van der Waals surface area contributed by atoms with Crippen molar-refractivity contribution in [3.05, 3.63) is 46.7 Å². The summed E-state index contributed by atoms with van der Waals surface area (Å²) in [5.41, 5.74) is -0.307. The first-order chi connectivity index (χ1) is 14.3. The summed E-state index contributed by atoms with van der Waals surface area (Å²) in [4.78, 5) is 11.2. The fourth-order valence-corrected chi connectivity index (χ4v) is 5.39. The average Bonchev–Trinajstić information content (AvgIpc) is 3.38. The molecular weight excluding hydrogens is 430 g/mol. The van der Waals surface area contributed by atoms with Gasteiger partial charge in [-0.05, 0) is 43.0 Å². The molecule has 0 aliphatic rings. The van der Waals surface area contributed by atoms with Gasteiger partial charge < -0.3 is 4.42 Å². The molecule has 0 N–H and O–H groups in total. The van der Waals surface area contributed by atoms with Gasteiger partial charge in [0, 0.05) is 25.7 Å². The normalized spacial score (nSPS) is 11.9. The van der Waals surface area contributed by atoms with E-state index in [2.05, 4.69) is 10.2 Å². The Morgan fingerprint density at radius 1 is 1.20 bits per heavy atom. The van der Waals surface area contributed by atoms with Crippen LogP contribution in [0.25, 0.3) is 11.6 Å². The van der Waals surface area contributed by atoms with Gasteiger partial charge in [-0.3, -0.25) is 14.7 Å². The van der Waals surface area contributed by atoms with Crippen LogP contribution in [0.5, 0.6) is 0 Å². The molecule has 10 nitrogen and oxygen atoms in total. The maximum absolute atomic E-state index is 12.7. The number of hydrogen-bond acceptors (Lipinski definition) is 8. The molecule has 0 radical (unpaired) electrons. The van der Waals surface area contributed by atoms with E-state index in [0.717, 1.165) is 17.8 Å². The lowest BCUT2D eigenvalue weighted by Crippen LogP contribution is -2.30. The number of aromatic nitrogens is 3. The van der Waals surface area contributed by atoms with Crippen LogP contribution in [0.15, 0.2) is 56.0 Å². The number of rotatable bonds is 9. The predicted molar refractivity (Wildman–Crippen MR) is 111 cm³/mol. The highest BCUT2D eigenvalue weighted by Gasteiger charge is 2.27. The molecule has 0 saturated carbocycles. The van der Waals surface area contributed by atoms with Crippen LogP contribution in [-0.4, -0.2) is 45.5 Å². The second kappa shape index (κ2) is 8.98. The van der Waals surface area contributed by atoms with Crippen LogP contribution in [0.4, 0.5) is 5.69 Å². The number of furan rings is 1. The van der Waals surface area contributed by atoms with Crippen molar-refractivity contribution in [1.82, 2.24) is 19.1 Å². The van der Waals surface area contributed by atoms with Gasteiger partial charge in [-0.15, -0.1) is 10.2 Å². The maximum Gasteiger partial charge on any atom is 0.284 e. The molecule has 30 heavy (non-hydrogen) atoms. The molecule has 0 aliphatic carbocycles. The van der Waals surface area contributed by atoms with E-state index < -0.39 is 14.9 Å². The van der Waals surface area contributed by atoms with E-state index >= 15 is 0 Å². The number of benzene rings is 1. The van der Waals surface area contributed by atoms with E-state index in [1.165, 1.54) is 22.7 Å². The van der Waals surface area contributed by atoms with Crippen LogP contribution in [0.3, 0.4) is 0 Å². The number of hydrogen-bond donors (Lipinski definition) is 0. The van der Waals surface area contributed by atoms with Crippen molar-refractivity contribution in [2.24, 2.45) is 0 Å². The second-order valence-corrected chi connectivity index (χ2v) is 9.05. The lowest BCUT2D eigenvalue weighted by atomic mass is 10.3. The Bertz CT molecular complexity index is 1140. The smallest absolute Gasteiger partial charge is 0.284 e. The van der Waals surface area contributed by atoms with Gasteiger partial charge in [0.2, 0.25) is 10.0 Å². The topological polar surface area (TPSA) is 124 Å². The molecule has 3 rings (SSSR count). The predicted octanol–water partition coefficient (Wildman–Crippen LogP) is 3.65. The van der Waals surface area contributed by atoms with E-state index in [9.17, 15) is 18.5 Å². The van der Waals surface area contributed by atoms with E-state index in [1.807, 2.05) is 6.92 Å². The van der Waals surface area contributed by atoms with Crippen molar-refractivity contribution in [3.63, 3.8) is 0 Å². The zero-order chi connectivity index (χ0) is 21.9. The van der Waals surface area contributed by atoms with Crippen LogP contribution >= 0.6 is 11.8 Å². The van der Waals surface area contributed by atoms with Crippen LogP contribution in [-0.2, 0) is 16.6 Å². The summed E-state index contributed by atoms with van der Waals surface area (Å²) in [5, 5.41) is 20.4. The van der Waals surface area contributed by atoms with E-state index in [4.69, 9.17) is 4.42 Å². The average molecular weight is 452 g/mol.